The summed E-state index contributed by atoms with van der Waals surface area (Å²) < 4.78 is 39.8. The van der Waals surface area contributed by atoms with Crippen molar-refractivity contribution in [1.82, 2.24) is 4.98 Å². The van der Waals surface area contributed by atoms with Gasteiger partial charge < -0.3 is 10.6 Å². The van der Waals surface area contributed by atoms with Crippen molar-refractivity contribution in [2.45, 2.75) is 44.6 Å². The number of hydrogen-bond donors (Lipinski definition) is 2. The number of ether oxygens (including phenoxy) is 1. The number of aryl methyl sites for hydroxylation is 1. The number of benzene rings is 2. The van der Waals surface area contributed by atoms with Gasteiger partial charge in [-0.05, 0) is 69.5 Å². The summed E-state index contributed by atoms with van der Waals surface area (Å²) in [6, 6.07) is 8.20. The monoisotopic (exact) mass is 534 g/mol. The van der Waals surface area contributed by atoms with Crippen LogP contribution in [0.1, 0.15) is 42.6 Å². The molecule has 3 N–H and O–H groups in total. The number of nitrogens with zero attached hydrogens (tertiary/aromatic N) is 5. The standard InChI is InChI=1S/C26H26N6O5S/c1-15(2)37-26-17(14-33)10-16(3)11-21(26)22-9-8-18(13-28-22)29-30-23-12-24(38(34,35)36)19-6-4-5-7-20(19)25(23)31-32-27/h6-15H,4-5H2,1-3H3,(H2,27,31)(H,34,35,36)/b30-29+. The molecule has 0 saturated carbocycles. The number of azo groups is 1. The number of hydrogen-bond acceptors (Lipinski definition) is 9. The van der Waals surface area contributed by atoms with Crippen molar-refractivity contribution in [3.63, 3.8) is 0 Å². The van der Waals surface area contributed by atoms with Crippen LogP contribution in [0.5, 0.6) is 5.75 Å². The minimum absolute atomic E-state index is 0.0585. The SMILES string of the molecule is Cc1cc(C=O)c(OC(C)C)c(-c2ccc(/N=N/c3cc(S(=O)(=O)O)c4c(c3N=NN)=CCCC=4)cn2)c1. The smallest absolute Gasteiger partial charge is 0.295 e. The van der Waals surface area contributed by atoms with Crippen LogP contribution in [0.2, 0.25) is 0 Å². The zero-order valence-electron chi connectivity index (χ0n) is 21.0. The molecular formula is C26H26N6O5S. The van der Waals surface area contributed by atoms with Crippen LogP contribution in [0, 0.1) is 6.92 Å². The normalized spacial score (nSPS) is 13.4. The Morgan fingerprint density at radius 2 is 1.82 bits per heavy atom. The zero-order chi connectivity index (χ0) is 27.4. The van der Waals surface area contributed by atoms with Crippen molar-refractivity contribution >= 4 is 45.6 Å². The summed E-state index contributed by atoms with van der Waals surface area (Å²) in [4.78, 5) is 15.8. The summed E-state index contributed by atoms with van der Waals surface area (Å²) in [5, 5.41) is 16.4. The van der Waals surface area contributed by atoms with Gasteiger partial charge in [0, 0.05) is 16.0 Å². The highest BCUT2D eigenvalue weighted by Crippen LogP contribution is 2.35. The van der Waals surface area contributed by atoms with Gasteiger partial charge in [-0.15, -0.1) is 15.3 Å². The van der Waals surface area contributed by atoms with Gasteiger partial charge in [0.15, 0.2) is 6.29 Å². The van der Waals surface area contributed by atoms with E-state index in [0.29, 0.717) is 51.5 Å². The van der Waals surface area contributed by atoms with Gasteiger partial charge in [0.2, 0.25) is 0 Å². The van der Waals surface area contributed by atoms with E-state index in [4.69, 9.17) is 10.6 Å². The van der Waals surface area contributed by atoms with Crippen molar-refractivity contribution < 1.29 is 22.5 Å². The first kappa shape index (κ1) is 26.8. The Kier molecular flexibility index (Phi) is 7.74. The Bertz CT molecular complexity index is 1680. The van der Waals surface area contributed by atoms with E-state index in [1.807, 2.05) is 26.8 Å². The lowest BCUT2D eigenvalue weighted by molar-refractivity contribution is 0.111. The molecule has 2 aromatic carbocycles. The molecule has 1 aromatic heterocycles. The lowest BCUT2D eigenvalue weighted by Crippen LogP contribution is -2.32. The Morgan fingerprint density at radius 1 is 1.08 bits per heavy atom. The maximum atomic E-state index is 12.1. The Balaban J connectivity index is 1.77. The Morgan fingerprint density at radius 3 is 2.42 bits per heavy atom. The largest absolute Gasteiger partial charge is 0.490 e. The lowest BCUT2D eigenvalue weighted by atomic mass is 10.0. The highest BCUT2D eigenvalue weighted by Gasteiger charge is 2.20. The van der Waals surface area contributed by atoms with Crippen molar-refractivity contribution in [3.8, 4) is 17.0 Å². The van der Waals surface area contributed by atoms with Crippen LogP contribution in [0.15, 0.2) is 62.0 Å². The molecule has 38 heavy (non-hydrogen) atoms. The molecule has 0 spiro atoms. The molecule has 1 aliphatic carbocycles. The van der Waals surface area contributed by atoms with E-state index < -0.39 is 10.1 Å². The van der Waals surface area contributed by atoms with E-state index in [0.717, 1.165) is 11.8 Å². The molecule has 0 unspecified atom stereocenters. The average molecular weight is 535 g/mol. The number of carbonyl (C=O) groups is 1. The summed E-state index contributed by atoms with van der Waals surface area (Å²) in [6.45, 7) is 5.62. The second-order valence-electron chi connectivity index (χ2n) is 8.86. The Labute approximate surface area is 219 Å². The second-order valence-corrected chi connectivity index (χ2v) is 10.3. The van der Waals surface area contributed by atoms with Gasteiger partial charge in [-0.2, -0.15) is 8.42 Å². The predicted octanol–water partition coefficient (Wildman–Crippen LogP) is 4.63. The third kappa shape index (κ3) is 5.66. The molecule has 0 atom stereocenters. The van der Waals surface area contributed by atoms with Gasteiger partial charge >= 0.3 is 0 Å². The van der Waals surface area contributed by atoms with Crippen LogP contribution in [0.25, 0.3) is 23.4 Å². The molecule has 0 saturated heterocycles. The molecule has 0 amide bonds. The molecule has 0 fully saturated rings. The number of aromatic nitrogens is 1. The lowest BCUT2D eigenvalue weighted by Gasteiger charge is -2.17. The van der Waals surface area contributed by atoms with E-state index in [1.54, 1.807) is 30.4 Å². The fourth-order valence-electron chi connectivity index (χ4n) is 4.16. The van der Waals surface area contributed by atoms with Crippen LogP contribution >= 0.6 is 0 Å². The first-order valence-corrected chi connectivity index (χ1v) is 13.2. The first-order chi connectivity index (χ1) is 18.1. The van der Waals surface area contributed by atoms with Crippen LogP contribution < -0.4 is 21.0 Å². The van der Waals surface area contributed by atoms with Crippen molar-refractivity contribution in [3.05, 3.63) is 58.1 Å². The quantitative estimate of drug-likeness (QED) is 0.139. The number of fused-ring (bicyclic) bond motifs is 1. The molecular weight excluding hydrogens is 508 g/mol. The van der Waals surface area contributed by atoms with Crippen molar-refractivity contribution in [2.75, 3.05) is 0 Å². The molecule has 196 valence electrons. The van der Waals surface area contributed by atoms with Crippen LogP contribution in [-0.4, -0.2) is 30.3 Å². The molecule has 0 aliphatic heterocycles. The van der Waals surface area contributed by atoms with Gasteiger partial charge in [-0.25, -0.2) is 0 Å². The number of rotatable bonds is 8. The molecule has 0 radical (unpaired) electrons. The average Bonchev–Trinajstić information content (AvgIpc) is 2.88. The molecule has 11 nitrogen and oxygen atoms in total. The minimum Gasteiger partial charge on any atom is -0.490 e. The van der Waals surface area contributed by atoms with E-state index in [2.05, 4.69) is 25.5 Å². The molecule has 12 heteroatoms. The van der Waals surface area contributed by atoms with Crippen LogP contribution in [-0.2, 0) is 10.1 Å². The first-order valence-electron chi connectivity index (χ1n) is 11.7. The van der Waals surface area contributed by atoms with Crippen molar-refractivity contribution in [1.29, 1.82) is 0 Å². The molecule has 4 rings (SSSR count). The highest BCUT2D eigenvalue weighted by molar-refractivity contribution is 7.85. The van der Waals surface area contributed by atoms with E-state index in [-0.39, 0.29) is 22.4 Å². The molecule has 0 bridgehead atoms. The number of aldehydes is 1. The summed E-state index contributed by atoms with van der Waals surface area (Å²) in [7, 11) is -4.55. The zero-order valence-corrected chi connectivity index (χ0v) is 21.8. The number of nitrogens with two attached hydrogens (primary N) is 1. The maximum Gasteiger partial charge on any atom is 0.295 e. The third-order valence-corrected chi connectivity index (χ3v) is 6.55. The van der Waals surface area contributed by atoms with Crippen LogP contribution in [0.4, 0.5) is 17.1 Å². The van der Waals surface area contributed by atoms with E-state index in [1.165, 1.54) is 12.3 Å². The Hall–Kier alpha value is -4.29. The van der Waals surface area contributed by atoms with Crippen LogP contribution in [0.3, 0.4) is 0 Å². The van der Waals surface area contributed by atoms with Gasteiger partial charge in [-0.1, -0.05) is 17.4 Å². The highest BCUT2D eigenvalue weighted by atomic mass is 32.2. The van der Waals surface area contributed by atoms with Gasteiger partial charge in [0.05, 0.1) is 23.6 Å². The maximum absolute atomic E-state index is 12.1. The molecule has 1 aliphatic rings. The van der Waals surface area contributed by atoms with Gasteiger partial charge in [0.1, 0.15) is 27.7 Å². The molecule has 1 heterocycles. The van der Waals surface area contributed by atoms with Gasteiger partial charge in [-0.3, -0.25) is 14.3 Å². The fourth-order valence-corrected chi connectivity index (χ4v) is 4.89. The van der Waals surface area contributed by atoms with Gasteiger partial charge in [0.25, 0.3) is 10.1 Å². The summed E-state index contributed by atoms with van der Waals surface area (Å²) in [5.41, 5.74) is 3.18. The second kappa shape index (κ2) is 11.0. The third-order valence-electron chi connectivity index (χ3n) is 5.66. The topological polar surface area (TPSA) is 169 Å². The van der Waals surface area contributed by atoms with E-state index >= 15 is 0 Å². The summed E-state index contributed by atoms with van der Waals surface area (Å²) in [6.07, 6.45) is 6.82. The number of pyridine rings is 1. The minimum atomic E-state index is -4.55. The number of carbonyl (C=O) groups excluding carboxylic acids is 1. The van der Waals surface area contributed by atoms with Crippen molar-refractivity contribution in [2.24, 2.45) is 26.4 Å². The fraction of sp³-hybridized carbons (Fsp3) is 0.231. The summed E-state index contributed by atoms with van der Waals surface area (Å²) >= 11 is 0. The molecule has 3 aromatic rings. The van der Waals surface area contributed by atoms with E-state index in [9.17, 15) is 17.8 Å². The predicted molar refractivity (Wildman–Crippen MR) is 142 cm³/mol. The summed E-state index contributed by atoms with van der Waals surface area (Å²) in [5.74, 6) is 5.74.